The molecule has 0 saturated carbocycles. The Hall–Kier alpha value is -1.73. The number of hydrogen-bond acceptors (Lipinski definition) is 4. The summed E-state index contributed by atoms with van der Waals surface area (Å²) in [6, 6.07) is 8.16. The first-order valence-electron chi connectivity index (χ1n) is 7.54. The van der Waals surface area contributed by atoms with E-state index in [4.69, 9.17) is 14.7 Å². The molecule has 0 bridgehead atoms. The van der Waals surface area contributed by atoms with E-state index in [1.54, 1.807) is 7.11 Å². The van der Waals surface area contributed by atoms with Crippen LogP contribution in [0.15, 0.2) is 18.2 Å². The van der Waals surface area contributed by atoms with Gasteiger partial charge in [0.1, 0.15) is 0 Å². The highest BCUT2D eigenvalue weighted by molar-refractivity contribution is 5.42. The quantitative estimate of drug-likeness (QED) is 0.670. The van der Waals surface area contributed by atoms with Gasteiger partial charge >= 0.3 is 0 Å². The lowest BCUT2D eigenvalue weighted by Gasteiger charge is -2.13. The standard InChI is InChI=1S/C17H26N2O2/c1-14(2)12-19-13-15-7-8-16(17(11-15)20-3)21-10-6-4-5-9-18/h7-8,11,14,19H,4-6,10,12-13H2,1-3H3. The number of hydrogen-bond donors (Lipinski definition) is 1. The molecule has 21 heavy (non-hydrogen) atoms. The van der Waals surface area contributed by atoms with Crippen molar-refractivity contribution in [3.8, 4) is 17.6 Å². The molecule has 1 aromatic rings. The van der Waals surface area contributed by atoms with E-state index < -0.39 is 0 Å². The van der Waals surface area contributed by atoms with Crippen molar-refractivity contribution in [1.29, 1.82) is 5.26 Å². The lowest BCUT2D eigenvalue weighted by Crippen LogP contribution is -2.18. The van der Waals surface area contributed by atoms with E-state index in [-0.39, 0.29) is 0 Å². The number of nitriles is 1. The molecule has 0 amide bonds. The Balaban J connectivity index is 2.48. The number of unbranched alkanes of at least 4 members (excludes halogenated alkanes) is 2. The van der Waals surface area contributed by atoms with Crippen LogP contribution < -0.4 is 14.8 Å². The third kappa shape index (κ3) is 7.01. The Morgan fingerprint density at radius 1 is 1.24 bits per heavy atom. The molecule has 0 atom stereocenters. The van der Waals surface area contributed by atoms with Gasteiger partial charge in [-0.3, -0.25) is 0 Å². The van der Waals surface area contributed by atoms with Crippen LogP contribution in [-0.2, 0) is 6.54 Å². The van der Waals surface area contributed by atoms with Gasteiger partial charge in [-0.15, -0.1) is 0 Å². The van der Waals surface area contributed by atoms with Crippen LogP contribution in [0.25, 0.3) is 0 Å². The molecule has 4 nitrogen and oxygen atoms in total. The van der Waals surface area contributed by atoms with Crippen LogP contribution in [0, 0.1) is 17.2 Å². The zero-order valence-corrected chi connectivity index (χ0v) is 13.3. The number of nitrogens with one attached hydrogen (secondary N) is 1. The molecule has 0 unspecified atom stereocenters. The fourth-order valence-electron chi connectivity index (χ4n) is 1.93. The molecular formula is C17H26N2O2. The van der Waals surface area contributed by atoms with Gasteiger partial charge < -0.3 is 14.8 Å². The van der Waals surface area contributed by atoms with Gasteiger partial charge in [0, 0.05) is 13.0 Å². The fourth-order valence-corrected chi connectivity index (χ4v) is 1.93. The molecule has 1 aromatic carbocycles. The summed E-state index contributed by atoms with van der Waals surface area (Å²) in [5.41, 5.74) is 1.18. The van der Waals surface area contributed by atoms with Gasteiger partial charge in [-0.1, -0.05) is 19.9 Å². The first-order valence-corrected chi connectivity index (χ1v) is 7.54. The second-order valence-electron chi connectivity index (χ2n) is 5.47. The Kier molecular flexibility index (Phi) is 8.30. The normalized spacial score (nSPS) is 10.4. The highest BCUT2D eigenvalue weighted by Crippen LogP contribution is 2.28. The third-order valence-electron chi connectivity index (χ3n) is 3.05. The van der Waals surface area contributed by atoms with Gasteiger partial charge in [-0.25, -0.2) is 0 Å². The molecule has 0 aliphatic carbocycles. The lowest BCUT2D eigenvalue weighted by atomic mass is 10.2. The molecule has 0 saturated heterocycles. The summed E-state index contributed by atoms with van der Waals surface area (Å²) in [5, 5.41) is 11.9. The first kappa shape index (κ1) is 17.3. The van der Waals surface area contributed by atoms with Gasteiger partial charge in [-0.05, 0) is 43.0 Å². The lowest BCUT2D eigenvalue weighted by molar-refractivity contribution is 0.286. The van der Waals surface area contributed by atoms with E-state index in [0.717, 1.165) is 37.4 Å². The van der Waals surface area contributed by atoms with Gasteiger partial charge in [0.15, 0.2) is 11.5 Å². The van der Waals surface area contributed by atoms with Crippen molar-refractivity contribution in [2.45, 2.75) is 39.7 Å². The fraction of sp³-hybridized carbons (Fsp3) is 0.588. The zero-order chi connectivity index (χ0) is 15.5. The molecule has 1 rings (SSSR count). The monoisotopic (exact) mass is 290 g/mol. The Labute approximate surface area is 128 Å². The number of nitrogens with zero attached hydrogens (tertiary/aromatic N) is 1. The van der Waals surface area contributed by atoms with Crippen LogP contribution in [0.1, 0.15) is 38.7 Å². The molecule has 1 N–H and O–H groups in total. The van der Waals surface area contributed by atoms with Crippen molar-refractivity contribution in [3.05, 3.63) is 23.8 Å². The van der Waals surface area contributed by atoms with Crippen LogP contribution in [-0.4, -0.2) is 20.3 Å². The average Bonchev–Trinajstić information content (AvgIpc) is 2.47. The highest BCUT2D eigenvalue weighted by atomic mass is 16.5. The smallest absolute Gasteiger partial charge is 0.161 e. The predicted molar refractivity (Wildman–Crippen MR) is 84.5 cm³/mol. The SMILES string of the molecule is COc1cc(CNCC(C)C)ccc1OCCCCC#N. The molecule has 0 fully saturated rings. The minimum atomic E-state index is 0.584. The van der Waals surface area contributed by atoms with Gasteiger partial charge in [0.25, 0.3) is 0 Å². The number of rotatable bonds is 10. The molecule has 116 valence electrons. The van der Waals surface area contributed by atoms with E-state index in [9.17, 15) is 0 Å². The minimum Gasteiger partial charge on any atom is -0.493 e. The van der Waals surface area contributed by atoms with E-state index in [1.807, 2.05) is 12.1 Å². The van der Waals surface area contributed by atoms with Crippen molar-refractivity contribution in [2.24, 2.45) is 5.92 Å². The zero-order valence-electron chi connectivity index (χ0n) is 13.3. The predicted octanol–water partition coefficient (Wildman–Crippen LogP) is 3.51. The number of benzene rings is 1. The van der Waals surface area contributed by atoms with Crippen LogP contribution in [0.3, 0.4) is 0 Å². The Morgan fingerprint density at radius 2 is 2.05 bits per heavy atom. The molecule has 0 aliphatic rings. The largest absolute Gasteiger partial charge is 0.493 e. The summed E-state index contributed by atoms with van der Waals surface area (Å²) >= 11 is 0. The van der Waals surface area contributed by atoms with Crippen LogP contribution >= 0.6 is 0 Å². The number of methoxy groups -OCH3 is 1. The Bertz CT molecular complexity index is 453. The second-order valence-corrected chi connectivity index (χ2v) is 5.47. The second kappa shape index (κ2) is 10.1. The Morgan fingerprint density at radius 3 is 2.71 bits per heavy atom. The van der Waals surface area contributed by atoms with E-state index in [0.29, 0.717) is 18.9 Å². The van der Waals surface area contributed by atoms with E-state index >= 15 is 0 Å². The van der Waals surface area contributed by atoms with Crippen molar-refractivity contribution >= 4 is 0 Å². The van der Waals surface area contributed by atoms with Gasteiger partial charge in [-0.2, -0.15) is 5.26 Å². The maximum absolute atomic E-state index is 8.48. The summed E-state index contributed by atoms with van der Waals surface area (Å²) < 4.78 is 11.1. The maximum Gasteiger partial charge on any atom is 0.161 e. The molecule has 0 aromatic heterocycles. The highest BCUT2D eigenvalue weighted by Gasteiger charge is 2.06. The maximum atomic E-state index is 8.48. The molecule has 4 heteroatoms. The molecule has 0 heterocycles. The molecule has 0 spiro atoms. The van der Waals surface area contributed by atoms with E-state index in [2.05, 4.69) is 31.3 Å². The van der Waals surface area contributed by atoms with Crippen molar-refractivity contribution < 1.29 is 9.47 Å². The van der Waals surface area contributed by atoms with Crippen molar-refractivity contribution in [2.75, 3.05) is 20.3 Å². The minimum absolute atomic E-state index is 0.584. The summed E-state index contributed by atoms with van der Waals surface area (Å²) in [5.74, 6) is 2.17. The molecule has 0 aliphatic heterocycles. The van der Waals surface area contributed by atoms with E-state index in [1.165, 1.54) is 5.56 Å². The van der Waals surface area contributed by atoms with Crippen molar-refractivity contribution in [1.82, 2.24) is 5.32 Å². The van der Waals surface area contributed by atoms with Crippen LogP contribution in [0.5, 0.6) is 11.5 Å². The summed E-state index contributed by atoms with van der Waals surface area (Å²) in [6.07, 6.45) is 2.34. The summed E-state index contributed by atoms with van der Waals surface area (Å²) in [7, 11) is 1.66. The molecule has 0 radical (unpaired) electrons. The van der Waals surface area contributed by atoms with Crippen LogP contribution in [0.2, 0.25) is 0 Å². The van der Waals surface area contributed by atoms with Crippen LogP contribution in [0.4, 0.5) is 0 Å². The molecular weight excluding hydrogens is 264 g/mol. The topological polar surface area (TPSA) is 54.3 Å². The number of ether oxygens (including phenoxy) is 2. The van der Waals surface area contributed by atoms with Gasteiger partial charge in [0.05, 0.1) is 19.8 Å². The third-order valence-corrected chi connectivity index (χ3v) is 3.05. The summed E-state index contributed by atoms with van der Waals surface area (Å²) in [4.78, 5) is 0. The van der Waals surface area contributed by atoms with Gasteiger partial charge in [0.2, 0.25) is 0 Å². The first-order chi connectivity index (χ1) is 10.2. The summed E-state index contributed by atoms with van der Waals surface area (Å²) in [6.45, 7) is 6.83. The average molecular weight is 290 g/mol. The van der Waals surface area contributed by atoms with Crippen molar-refractivity contribution in [3.63, 3.8) is 0 Å².